The molecule has 6 heteroatoms. The molecule has 0 aliphatic heterocycles. The van der Waals surface area contributed by atoms with Crippen LogP contribution in [0.25, 0.3) is 0 Å². The summed E-state index contributed by atoms with van der Waals surface area (Å²) in [7, 11) is 0. The zero-order valence-electron chi connectivity index (χ0n) is 15.7. The summed E-state index contributed by atoms with van der Waals surface area (Å²) in [6, 6.07) is 0. The van der Waals surface area contributed by atoms with Crippen molar-refractivity contribution in [2.75, 3.05) is 0 Å². The number of alkyl halides is 3. The molecular weight excluding hydrogens is 333 g/mol. The highest BCUT2D eigenvalue weighted by molar-refractivity contribution is 5.76. The molecule has 2 aliphatic carbocycles. The van der Waals surface area contributed by atoms with Gasteiger partial charge in [-0.25, -0.2) is 0 Å². The molecule has 0 bridgehead atoms. The Morgan fingerprint density at radius 1 is 1.04 bits per heavy atom. The first-order valence-corrected chi connectivity index (χ1v) is 9.42. The topological polar surface area (TPSA) is 46.5 Å². The monoisotopic (exact) mass is 364 g/mol. The van der Waals surface area contributed by atoms with Crippen LogP contribution in [-0.4, -0.2) is 29.0 Å². The van der Waals surface area contributed by atoms with E-state index >= 15 is 0 Å². The molecule has 25 heavy (non-hydrogen) atoms. The van der Waals surface area contributed by atoms with Crippen LogP contribution in [0.1, 0.15) is 72.6 Å². The fourth-order valence-electron chi connectivity index (χ4n) is 4.42. The van der Waals surface area contributed by atoms with Crippen molar-refractivity contribution in [2.45, 2.75) is 90.5 Å². The van der Waals surface area contributed by atoms with Crippen LogP contribution in [0.5, 0.6) is 0 Å². The summed E-state index contributed by atoms with van der Waals surface area (Å²) >= 11 is 0. The molecule has 2 rings (SSSR count). The first kappa shape index (κ1) is 20.5. The van der Waals surface area contributed by atoms with Crippen molar-refractivity contribution in [1.82, 2.24) is 0 Å². The van der Waals surface area contributed by atoms with E-state index in [2.05, 4.69) is 0 Å². The lowest BCUT2D eigenvalue weighted by molar-refractivity contribution is -0.287. The van der Waals surface area contributed by atoms with Crippen molar-refractivity contribution in [3.05, 3.63) is 0 Å². The van der Waals surface area contributed by atoms with E-state index in [1.165, 1.54) is 0 Å². The highest BCUT2D eigenvalue weighted by atomic mass is 19.4. The molecule has 0 saturated heterocycles. The summed E-state index contributed by atoms with van der Waals surface area (Å²) in [4.78, 5) is 12.4. The van der Waals surface area contributed by atoms with Crippen molar-refractivity contribution in [1.29, 1.82) is 0 Å². The van der Waals surface area contributed by atoms with Crippen LogP contribution < -0.4 is 0 Å². The minimum Gasteiger partial charge on any atom is -0.462 e. The highest BCUT2D eigenvalue weighted by Crippen LogP contribution is 2.52. The van der Waals surface area contributed by atoms with Crippen molar-refractivity contribution in [3.8, 4) is 0 Å². The molecule has 146 valence electrons. The Bertz CT molecular complexity index is 485. The number of fused-ring (bicyclic) bond motifs is 1. The maximum atomic E-state index is 13.4. The minimum atomic E-state index is -4.65. The molecule has 0 heterocycles. The Morgan fingerprint density at radius 3 is 2.12 bits per heavy atom. The summed E-state index contributed by atoms with van der Waals surface area (Å²) < 4.78 is 45.8. The number of aliphatic hydroxyl groups is 1. The van der Waals surface area contributed by atoms with Crippen molar-refractivity contribution >= 4 is 5.97 Å². The smallest absolute Gasteiger partial charge is 0.417 e. The average molecular weight is 364 g/mol. The third kappa shape index (κ3) is 3.99. The van der Waals surface area contributed by atoms with Gasteiger partial charge in [-0.3, -0.25) is 4.79 Å². The maximum Gasteiger partial charge on any atom is 0.417 e. The van der Waals surface area contributed by atoms with Crippen LogP contribution in [0.15, 0.2) is 0 Å². The van der Waals surface area contributed by atoms with E-state index in [9.17, 15) is 23.1 Å². The van der Waals surface area contributed by atoms with Crippen LogP contribution in [0.3, 0.4) is 0 Å². The second-order valence-corrected chi connectivity index (χ2v) is 8.62. The molecule has 0 aromatic carbocycles. The molecule has 0 radical (unpaired) electrons. The number of carbonyl (C=O) groups excluding carboxylic acids is 1. The number of carbonyl (C=O) groups is 1. The van der Waals surface area contributed by atoms with Crippen LogP contribution >= 0.6 is 0 Å². The lowest BCUT2D eigenvalue weighted by Crippen LogP contribution is -2.56. The summed E-state index contributed by atoms with van der Waals surface area (Å²) in [5, 5.41) is 10.2. The van der Waals surface area contributed by atoms with E-state index in [-0.39, 0.29) is 30.3 Å². The van der Waals surface area contributed by atoms with E-state index in [1.807, 2.05) is 20.8 Å². The van der Waals surface area contributed by atoms with Crippen molar-refractivity contribution < 1.29 is 27.8 Å². The summed E-state index contributed by atoms with van der Waals surface area (Å²) in [6.45, 7) is 6.47. The summed E-state index contributed by atoms with van der Waals surface area (Å²) in [5.74, 6) is -1.43. The molecule has 0 amide bonds. The first-order valence-electron chi connectivity index (χ1n) is 9.42. The molecule has 3 nitrogen and oxygen atoms in total. The van der Waals surface area contributed by atoms with Crippen molar-refractivity contribution in [2.24, 2.45) is 23.2 Å². The Labute approximate surface area is 148 Å². The number of esters is 1. The van der Waals surface area contributed by atoms with E-state index in [0.29, 0.717) is 19.3 Å². The predicted molar refractivity (Wildman–Crippen MR) is 88.8 cm³/mol. The van der Waals surface area contributed by atoms with Gasteiger partial charge in [0.05, 0.1) is 5.41 Å². The first-order chi connectivity index (χ1) is 11.4. The number of halogens is 3. The quantitative estimate of drug-likeness (QED) is 0.725. The Kier molecular flexibility index (Phi) is 5.82. The molecule has 2 saturated carbocycles. The summed E-state index contributed by atoms with van der Waals surface area (Å²) in [5.41, 5.74) is -3.27. The van der Waals surface area contributed by atoms with Crippen LogP contribution in [-0.2, 0) is 9.53 Å². The van der Waals surface area contributed by atoms with Gasteiger partial charge in [0.25, 0.3) is 0 Å². The van der Waals surface area contributed by atoms with Gasteiger partial charge in [-0.1, -0.05) is 19.8 Å². The van der Waals surface area contributed by atoms with E-state index < -0.39 is 23.1 Å². The SMILES string of the molecule is CCC(C)(C)C(=O)OC1CCC(C(C)(O)C(F)(F)F)C2CCCCC12. The predicted octanol–water partition coefficient (Wildman–Crippen LogP) is 4.86. The van der Waals surface area contributed by atoms with Gasteiger partial charge in [-0.2, -0.15) is 13.2 Å². The van der Waals surface area contributed by atoms with E-state index in [0.717, 1.165) is 26.2 Å². The molecular formula is C19H31F3O3. The highest BCUT2D eigenvalue weighted by Gasteiger charge is 2.59. The van der Waals surface area contributed by atoms with Gasteiger partial charge >= 0.3 is 12.1 Å². The standard InChI is InChI=1S/C19H31F3O3/c1-5-17(2,3)16(23)25-15-11-10-14(18(4,24)19(20,21)22)12-8-6-7-9-13(12)15/h12-15,24H,5-11H2,1-4H3. The lowest BCUT2D eigenvalue weighted by atomic mass is 9.60. The van der Waals surface area contributed by atoms with Crippen LogP contribution in [0, 0.1) is 23.2 Å². The van der Waals surface area contributed by atoms with Gasteiger partial charge in [0.15, 0.2) is 5.60 Å². The Balaban J connectivity index is 2.18. The second kappa shape index (κ2) is 7.09. The second-order valence-electron chi connectivity index (χ2n) is 8.62. The zero-order valence-corrected chi connectivity index (χ0v) is 15.7. The van der Waals surface area contributed by atoms with Gasteiger partial charge in [-0.05, 0) is 70.6 Å². The number of rotatable bonds is 4. The maximum absolute atomic E-state index is 13.4. The number of hydrogen-bond acceptors (Lipinski definition) is 3. The third-order valence-corrected chi connectivity index (χ3v) is 6.62. The van der Waals surface area contributed by atoms with Crippen LogP contribution in [0.2, 0.25) is 0 Å². The number of hydrogen-bond donors (Lipinski definition) is 1. The number of ether oxygens (including phenoxy) is 1. The van der Waals surface area contributed by atoms with E-state index in [1.54, 1.807) is 0 Å². The van der Waals surface area contributed by atoms with Crippen molar-refractivity contribution in [3.63, 3.8) is 0 Å². The van der Waals surface area contributed by atoms with E-state index in [4.69, 9.17) is 4.74 Å². The van der Waals surface area contributed by atoms with Gasteiger partial charge in [0.1, 0.15) is 6.10 Å². The summed E-state index contributed by atoms with van der Waals surface area (Å²) in [6.07, 6.45) is -0.469. The Hall–Kier alpha value is -0.780. The fourth-order valence-corrected chi connectivity index (χ4v) is 4.42. The zero-order chi connectivity index (χ0) is 19.0. The molecule has 5 atom stereocenters. The fraction of sp³-hybridized carbons (Fsp3) is 0.947. The van der Waals surface area contributed by atoms with Crippen LogP contribution in [0.4, 0.5) is 13.2 Å². The van der Waals surface area contributed by atoms with Gasteiger partial charge in [0.2, 0.25) is 0 Å². The van der Waals surface area contributed by atoms with Gasteiger partial charge in [0, 0.05) is 0 Å². The van der Waals surface area contributed by atoms with Gasteiger partial charge < -0.3 is 9.84 Å². The largest absolute Gasteiger partial charge is 0.462 e. The Morgan fingerprint density at radius 2 is 1.60 bits per heavy atom. The third-order valence-electron chi connectivity index (χ3n) is 6.62. The molecule has 1 N–H and O–H groups in total. The van der Waals surface area contributed by atoms with Gasteiger partial charge in [-0.15, -0.1) is 0 Å². The molecule has 0 spiro atoms. The molecule has 5 unspecified atom stereocenters. The average Bonchev–Trinajstić information content (AvgIpc) is 2.53. The molecule has 2 aliphatic rings. The molecule has 2 fully saturated rings. The minimum absolute atomic E-state index is 0.0852. The lowest BCUT2D eigenvalue weighted by Gasteiger charge is -2.50. The normalized spacial score (nSPS) is 33.3. The molecule has 0 aromatic heterocycles. The molecule has 0 aromatic rings.